The molecule has 3 rings (SSSR count). The largest absolute Gasteiger partial charge is 0.213 e. The summed E-state index contributed by atoms with van der Waals surface area (Å²) in [5, 5.41) is 0. The highest BCUT2D eigenvalue weighted by atomic mass is 19.1. The molecule has 0 unspecified atom stereocenters. The van der Waals surface area contributed by atoms with Crippen molar-refractivity contribution in [2.24, 2.45) is 0 Å². The molecular formula is C17H14FN3. The zero-order chi connectivity index (χ0) is 14.8. The van der Waals surface area contributed by atoms with E-state index in [-0.39, 0.29) is 5.82 Å². The molecule has 21 heavy (non-hydrogen) atoms. The highest BCUT2D eigenvalue weighted by Gasteiger charge is 2.12. The van der Waals surface area contributed by atoms with Crippen molar-refractivity contribution in [2.45, 2.75) is 13.8 Å². The maximum absolute atomic E-state index is 13.7. The Labute approximate surface area is 122 Å². The molecule has 0 aliphatic heterocycles. The number of rotatable bonds is 2. The van der Waals surface area contributed by atoms with Crippen LogP contribution in [-0.2, 0) is 0 Å². The van der Waals surface area contributed by atoms with E-state index in [1.807, 2.05) is 43.3 Å². The Morgan fingerprint density at radius 2 is 1.48 bits per heavy atom. The topological polar surface area (TPSA) is 38.7 Å². The summed E-state index contributed by atoms with van der Waals surface area (Å²) in [6.45, 7) is 3.54. The van der Waals surface area contributed by atoms with Gasteiger partial charge in [0.15, 0.2) is 11.6 Å². The van der Waals surface area contributed by atoms with E-state index in [1.165, 1.54) is 6.07 Å². The maximum Gasteiger partial charge on any atom is 0.164 e. The van der Waals surface area contributed by atoms with Gasteiger partial charge in [0.1, 0.15) is 11.6 Å². The number of aryl methyl sites for hydroxylation is 1. The van der Waals surface area contributed by atoms with Crippen LogP contribution in [0.3, 0.4) is 0 Å². The van der Waals surface area contributed by atoms with Crippen molar-refractivity contribution in [1.82, 2.24) is 15.0 Å². The Morgan fingerprint density at radius 3 is 2.24 bits per heavy atom. The first-order valence-electron chi connectivity index (χ1n) is 6.69. The SMILES string of the molecule is Cc1nc(-c2ccccc2)nc(-c2cccc(F)c2C)n1. The van der Waals surface area contributed by atoms with Crippen LogP contribution in [0, 0.1) is 19.7 Å². The van der Waals surface area contributed by atoms with Crippen molar-refractivity contribution in [3.63, 3.8) is 0 Å². The number of halogens is 1. The van der Waals surface area contributed by atoms with Crippen molar-refractivity contribution in [3.05, 3.63) is 65.7 Å². The van der Waals surface area contributed by atoms with Gasteiger partial charge in [-0.05, 0) is 25.5 Å². The Kier molecular flexibility index (Phi) is 3.44. The van der Waals surface area contributed by atoms with Crippen molar-refractivity contribution >= 4 is 0 Å². The predicted octanol–water partition coefficient (Wildman–Crippen LogP) is 3.96. The summed E-state index contributed by atoms with van der Waals surface area (Å²) < 4.78 is 13.7. The lowest BCUT2D eigenvalue weighted by Gasteiger charge is -2.08. The summed E-state index contributed by atoms with van der Waals surface area (Å²) in [6.07, 6.45) is 0. The van der Waals surface area contributed by atoms with E-state index < -0.39 is 0 Å². The molecular weight excluding hydrogens is 265 g/mol. The summed E-state index contributed by atoms with van der Waals surface area (Å²) in [5.74, 6) is 1.45. The van der Waals surface area contributed by atoms with Gasteiger partial charge >= 0.3 is 0 Å². The molecule has 0 fully saturated rings. The van der Waals surface area contributed by atoms with E-state index in [2.05, 4.69) is 15.0 Å². The van der Waals surface area contributed by atoms with Crippen LogP contribution in [0.2, 0.25) is 0 Å². The number of hydrogen-bond donors (Lipinski definition) is 0. The minimum absolute atomic E-state index is 0.258. The molecule has 1 heterocycles. The molecule has 0 radical (unpaired) electrons. The van der Waals surface area contributed by atoms with Gasteiger partial charge in [-0.3, -0.25) is 0 Å². The predicted molar refractivity (Wildman–Crippen MR) is 80.1 cm³/mol. The van der Waals surface area contributed by atoms with E-state index in [0.29, 0.717) is 28.6 Å². The summed E-state index contributed by atoms with van der Waals surface area (Å²) in [5.41, 5.74) is 2.15. The van der Waals surface area contributed by atoms with Gasteiger partial charge in [-0.25, -0.2) is 19.3 Å². The quantitative estimate of drug-likeness (QED) is 0.712. The highest BCUT2D eigenvalue weighted by Crippen LogP contribution is 2.24. The van der Waals surface area contributed by atoms with E-state index in [1.54, 1.807) is 13.0 Å². The molecule has 0 saturated heterocycles. The molecule has 0 saturated carbocycles. The number of benzene rings is 2. The Morgan fingerprint density at radius 1 is 0.762 bits per heavy atom. The summed E-state index contributed by atoms with van der Waals surface area (Å²) in [4.78, 5) is 13.2. The van der Waals surface area contributed by atoms with E-state index in [9.17, 15) is 4.39 Å². The first kappa shape index (κ1) is 13.4. The van der Waals surface area contributed by atoms with Gasteiger partial charge in [0.2, 0.25) is 0 Å². The van der Waals surface area contributed by atoms with Gasteiger partial charge in [-0.2, -0.15) is 0 Å². The van der Waals surface area contributed by atoms with Gasteiger partial charge in [0.25, 0.3) is 0 Å². The zero-order valence-electron chi connectivity index (χ0n) is 11.8. The molecule has 0 bridgehead atoms. The van der Waals surface area contributed by atoms with Gasteiger partial charge < -0.3 is 0 Å². The number of hydrogen-bond acceptors (Lipinski definition) is 3. The van der Waals surface area contributed by atoms with E-state index >= 15 is 0 Å². The van der Waals surface area contributed by atoms with Crippen LogP contribution in [-0.4, -0.2) is 15.0 Å². The molecule has 104 valence electrons. The molecule has 3 nitrogen and oxygen atoms in total. The molecule has 0 aliphatic carbocycles. The third kappa shape index (κ3) is 2.65. The van der Waals surface area contributed by atoms with Gasteiger partial charge in [-0.1, -0.05) is 42.5 Å². The third-order valence-electron chi connectivity index (χ3n) is 3.29. The minimum Gasteiger partial charge on any atom is -0.213 e. The fraction of sp³-hybridized carbons (Fsp3) is 0.118. The van der Waals surface area contributed by atoms with Crippen LogP contribution < -0.4 is 0 Å². The number of nitrogens with zero attached hydrogens (tertiary/aromatic N) is 3. The van der Waals surface area contributed by atoms with Crippen molar-refractivity contribution < 1.29 is 4.39 Å². The Balaban J connectivity index is 2.17. The molecule has 2 aromatic carbocycles. The van der Waals surface area contributed by atoms with Gasteiger partial charge in [-0.15, -0.1) is 0 Å². The zero-order valence-corrected chi connectivity index (χ0v) is 11.8. The lowest BCUT2D eigenvalue weighted by atomic mass is 10.1. The van der Waals surface area contributed by atoms with Crippen LogP contribution in [0.1, 0.15) is 11.4 Å². The second-order valence-corrected chi connectivity index (χ2v) is 4.81. The first-order valence-corrected chi connectivity index (χ1v) is 6.69. The van der Waals surface area contributed by atoms with Crippen LogP contribution in [0.15, 0.2) is 48.5 Å². The fourth-order valence-corrected chi connectivity index (χ4v) is 2.17. The van der Waals surface area contributed by atoms with Crippen LogP contribution in [0.4, 0.5) is 4.39 Å². The minimum atomic E-state index is -0.258. The first-order chi connectivity index (χ1) is 10.1. The van der Waals surface area contributed by atoms with Crippen molar-refractivity contribution in [1.29, 1.82) is 0 Å². The summed E-state index contributed by atoms with van der Waals surface area (Å²) in [7, 11) is 0. The smallest absolute Gasteiger partial charge is 0.164 e. The normalized spacial score (nSPS) is 10.6. The fourth-order valence-electron chi connectivity index (χ4n) is 2.17. The molecule has 4 heteroatoms. The molecule has 0 spiro atoms. The van der Waals surface area contributed by atoms with Gasteiger partial charge in [0.05, 0.1) is 0 Å². The van der Waals surface area contributed by atoms with Gasteiger partial charge in [0, 0.05) is 11.1 Å². The van der Waals surface area contributed by atoms with E-state index in [4.69, 9.17) is 0 Å². The lowest BCUT2D eigenvalue weighted by molar-refractivity contribution is 0.619. The third-order valence-corrected chi connectivity index (χ3v) is 3.29. The molecule has 0 atom stereocenters. The molecule has 0 amide bonds. The van der Waals surface area contributed by atoms with Crippen LogP contribution >= 0.6 is 0 Å². The highest BCUT2D eigenvalue weighted by molar-refractivity contribution is 5.63. The molecule has 3 aromatic rings. The molecule has 0 N–H and O–H groups in total. The second-order valence-electron chi connectivity index (χ2n) is 4.81. The lowest BCUT2D eigenvalue weighted by Crippen LogP contribution is -2.01. The standard InChI is InChI=1S/C17H14FN3/c1-11-14(9-6-10-15(11)18)17-20-12(2)19-16(21-17)13-7-4-3-5-8-13/h3-10H,1-2H3. The maximum atomic E-state index is 13.7. The summed E-state index contributed by atoms with van der Waals surface area (Å²) >= 11 is 0. The van der Waals surface area contributed by atoms with Crippen LogP contribution in [0.5, 0.6) is 0 Å². The van der Waals surface area contributed by atoms with Crippen LogP contribution in [0.25, 0.3) is 22.8 Å². The monoisotopic (exact) mass is 279 g/mol. The molecule has 0 aliphatic rings. The average molecular weight is 279 g/mol. The Hall–Kier alpha value is -2.62. The van der Waals surface area contributed by atoms with Crippen molar-refractivity contribution in [2.75, 3.05) is 0 Å². The second kappa shape index (κ2) is 5.40. The number of aromatic nitrogens is 3. The van der Waals surface area contributed by atoms with E-state index in [0.717, 1.165) is 5.56 Å². The Bertz CT molecular complexity index is 785. The molecule has 1 aromatic heterocycles. The van der Waals surface area contributed by atoms with Crippen molar-refractivity contribution in [3.8, 4) is 22.8 Å². The average Bonchev–Trinajstić information content (AvgIpc) is 2.50. The summed E-state index contributed by atoms with van der Waals surface area (Å²) in [6, 6.07) is 14.6.